The SMILES string of the molecule is C=Cc1ccc(C[N+](C)(C)C)cc1.C=Cc1ccc(S(=O)(=O)[O-])cc1. The number of hydrogen-bond acceptors (Lipinski definition) is 3. The van der Waals surface area contributed by atoms with E-state index in [-0.39, 0.29) is 4.90 Å². The van der Waals surface area contributed by atoms with Gasteiger partial charge in [-0.05, 0) is 23.3 Å². The molecule has 0 fully saturated rings. The predicted octanol–water partition coefficient (Wildman–Crippen LogP) is 3.77. The van der Waals surface area contributed by atoms with Gasteiger partial charge in [0.05, 0.1) is 26.0 Å². The van der Waals surface area contributed by atoms with Crippen molar-refractivity contribution in [2.45, 2.75) is 11.4 Å². The lowest BCUT2D eigenvalue weighted by atomic mass is 10.1. The van der Waals surface area contributed by atoms with Crippen molar-refractivity contribution in [1.82, 2.24) is 0 Å². The summed E-state index contributed by atoms with van der Waals surface area (Å²) < 4.78 is 32.3. The van der Waals surface area contributed by atoms with E-state index in [9.17, 15) is 13.0 Å². The molecule has 0 aliphatic heterocycles. The molecule has 0 saturated heterocycles. The highest BCUT2D eigenvalue weighted by molar-refractivity contribution is 7.85. The Morgan fingerprint density at radius 1 is 0.880 bits per heavy atom. The highest BCUT2D eigenvalue weighted by Gasteiger charge is 2.07. The van der Waals surface area contributed by atoms with Gasteiger partial charge in [-0.1, -0.05) is 61.7 Å². The molecule has 0 aliphatic carbocycles. The van der Waals surface area contributed by atoms with E-state index in [0.29, 0.717) is 0 Å². The third-order valence-electron chi connectivity index (χ3n) is 3.28. The molecule has 0 N–H and O–H groups in total. The van der Waals surface area contributed by atoms with Gasteiger partial charge in [-0.15, -0.1) is 0 Å². The van der Waals surface area contributed by atoms with E-state index in [1.807, 2.05) is 6.08 Å². The van der Waals surface area contributed by atoms with Crippen molar-refractivity contribution in [3.8, 4) is 0 Å². The first-order chi connectivity index (χ1) is 11.5. The highest BCUT2D eigenvalue weighted by Crippen LogP contribution is 2.10. The van der Waals surface area contributed by atoms with Gasteiger partial charge in [0.2, 0.25) is 0 Å². The molecule has 0 atom stereocenters. The van der Waals surface area contributed by atoms with Crippen LogP contribution < -0.4 is 0 Å². The maximum absolute atomic E-state index is 10.5. The molecule has 0 radical (unpaired) electrons. The minimum atomic E-state index is -4.31. The Morgan fingerprint density at radius 3 is 1.60 bits per heavy atom. The average molecular weight is 359 g/mol. The molecule has 25 heavy (non-hydrogen) atoms. The molecule has 0 heterocycles. The summed E-state index contributed by atoms with van der Waals surface area (Å²) in [6.45, 7) is 8.29. The van der Waals surface area contributed by atoms with Gasteiger partial charge in [-0.2, -0.15) is 0 Å². The van der Waals surface area contributed by atoms with Gasteiger partial charge >= 0.3 is 0 Å². The van der Waals surface area contributed by atoms with E-state index >= 15 is 0 Å². The molecule has 134 valence electrons. The second kappa shape index (κ2) is 8.76. The molecular weight excluding hydrogens is 334 g/mol. The lowest BCUT2D eigenvalue weighted by Gasteiger charge is -2.23. The van der Waals surface area contributed by atoms with Gasteiger partial charge in [0.1, 0.15) is 16.7 Å². The van der Waals surface area contributed by atoms with Crippen LogP contribution in [0.2, 0.25) is 0 Å². The topological polar surface area (TPSA) is 57.2 Å². The lowest BCUT2D eigenvalue weighted by Crippen LogP contribution is -2.33. The van der Waals surface area contributed by atoms with Crippen molar-refractivity contribution < 1.29 is 17.5 Å². The first-order valence-electron chi connectivity index (χ1n) is 7.75. The van der Waals surface area contributed by atoms with Crippen molar-refractivity contribution in [2.75, 3.05) is 21.1 Å². The standard InChI is InChI=1S/C12H18N.C8H8O3S/c1-5-11-6-8-12(9-7-11)10-13(2,3)4;1-2-7-3-5-8(6-4-7)12(9,10)11/h5-9H,1,10H2,2-4H3;2-6H,1H2,(H,9,10,11)/q+1;/p-1. The fourth-order valence-corrected chi connectivity index (χ4v) is 2.55. The molecule has 0 bridgehead atoms. The maximum Gasteiger partial charge on any atom is 0.124 e. The quantitative estimate of drug-likeness (QED) is 0.603. The summed E-state index contributed by atoms with van der Waals surface area (Å²) in [6, 6.07) is 14.1. The highest BCUT2D eigenvalue weighted by atomic mass is 32.2. The second-order valence-corrected chi connectivity index (χ2v) is 8.00. The van der Waals surface area contributed by atoms with E-state index in [1.165, 1.54) is 35.4 Å². The van der Waals surface area contributed by atoms with E-state index < -0.39 is 10.1 Å². The Hall–Kier alpha value is -2.21. The molecule has 0 unspecified atom stereocenters. The molecular formula is C20H25NO3S. The van der Waals surface area contributed by atoms with Crippen LogP contribution in [-0.2, 0) is 16.7 Å². The molecule has 2 aromatic rings. The van der Waals surface area contributed by atoms with E-state index in [2.05, 4.69) is 58.6 Å². The number of rotatable bonds is 5. The summed E-state index contributed by atoms with van der Waals surface area (Å²) in [4.78, 5) is -0.215. The third kappa shape index (κ3) is 7.94. The van der Waals surface area contributed by atoms with Crippen LogP contribution in [0.25, 0.3) is 12.2 Å². The largest absolute Gasteiger partial charge is 0.744 e. The predicted molar refractivity (Wildman–Crippen MR) is 103 cm³/mol. The molecule has 0 saturated carbocycles. The van der Waals surface area contributed by atoms with Gasteiger partial charge in [-0.3, -0.25) is 0 Å². The number of benzene rings is 2. The summed E-state index contributed by atoms with van der Waals surface area (Å²) >= 11 is 0. The fourth-order valence-electron chi connectivity index (χ4n) is 2.08. The zero-order chi connectivity index (χ0) is 19.1. The minimum Gasteiger partial charge on any atom is -0.744 e. The summed E-state index contributed by atoms with van der Waals surface area (Å²) in [5.41, 5.74) is 3.34. The Kier molecular flexibility index (Phi) is 7.30. The van der Waals surface area contributed by atoms with Crippen molar-refractivity contribution in [3.63, 3.8) is 0 Å². The lowest BCUT2D eigenvalue weighted by molar-refractivity contribution is -0.884. The summed E-state index contributed by atoms with van der Waals surface area (Å²) in [5, 5.41) is 0. The zero-order valence-corrected chi connectivity index (χ0v) is 15.8. The summed E-state index contributed by atoms with van der Waals surface area (Å²) in [5.74, 6) is 0. The van der Waals surface area contributed by atoms with Gasteiger partial charge in [0.15, 0.2) is 0 Å². The molecule has 2 aromatic carbocycles. The van der Waals surface area contributed by atoms with Crippen LogP contribution in [0.3, 0.4) is 0 Å². The van der Waals surface area contributed by atoms with Crippen molar-refractivity contribution in [3.05, 3.63) is 78.4 Å². The Labute approximate surface area is 151 Å². The van der Waals surface area contributed by atoms with E-state index in [1.54, 1.807) is 6.08 Å². The van der Waals surface area contributed by atoms with Crippen LogP contribution in [0.1, 0.15) is 16.7 Å². The molecule has 5 heteroatoms. The van der Waals surface area contributed by atoms with E-state index in [4.69, 9.17) is 0 Å². The Morgan fingerprint density at radius 2 is 1.28 bits per heavy atom. The monoisotopic (exact) mass is 359 g/mol. The van der Waals surface area contributed by atoms with Crippen LogP contribution >= 0.6 is 0 Å². The fraction of sp³-hybridized carbons (Fsp3) is 0.200. The van der Waals surface area contributed by atoms with Gasteiger partial charge in [-0.25, -0.2) is 8.42 Å². The number of nitrogens with zero attached hydrogens (tertiary/aromatic N) is 1. The molecule has 2 rings (SSSR count). The van der Waals surface area contributed by atoms with Crippen molar-refractivity contribution >= 4 is 22.3 Å². The molecule has 0 spiro atoms. The smallest absolute Gasteiger partial charge is 0.124 e. The molecule has 4 nitrogen and oxygen atoms in total. The molecule has 0 aromatic heterocycles. The van der Waals surface area contributed by atoms with Crippen molar-refractivity contribution in [2.24, 2.45) is 0 Å². The third-order valence-corrected chi connectivity index (χ3v) is 4.13. The average Bonchev–Trinajstić information content (AvgIpc) is 2.54. The van der Waals surface area contributed by atoms with Crippen LogP contribution in [0.4, 0.5) is 0 Å². The van der Waals surface area contributed by atoms with Crippen LogP contribution in [0.15, 0.2) is 66.6 Å². The van der Waals surface area contributed by atoms with Crippen LogP contribution in [0.5, 0.6) is 0 Å². The van der Waals surface area contributed by atoms with E-state index in [0.717, 1.165) is 16.6 Å². The van der Waals surface area contributed by atoms with Gasteiger partial charge < -0.3 is 9.04 Å². The normalized spacial score (nSPS) is 11.2. The van der Waals surface area contributed by atoms with Gasteiger partial charge in [0, 0.05) is 5.56 Å². The summed E-state index contributed by atoms with van der Waals surface area (Å²) in [6.07, 6.45) is 3.44. The van der Waals surface area contributed by atoms with Crippen LogP contribution in [0, 0.1) is 0 Å². The van der Waals surface area contributed by atoms with Crippen molar-refractivity contribution in [1.29, 1.82) is 0 Å². The summed E-state index contributed by atoms with van der Waals surface area (Å²) in [7, 11) is 2.28. The van der Waals surface area contributed by atoms with Gasteiger partial charge in [0.25, 0.3) is 0 Å². The second-order valence-electron chi connectivity index (χ2n) is 6.62. The maximum atomic E-state index is 10.5. The Bertz CT molecular complexity index is 800. The van der Waals surface area contributed by atoms with Crippen LogP contribution in [-0.4, -0.2) is 38.6 Å². The number of hydrogen-bond donors (Lipinski definition) is 0. The first-order valence-corrected chi connectivity index (χ1v) is 9.16. The number of quaternary nitrogens is 1. The molecule has 0 amide bonds. The zero-order valence-electron chi connectivity index (χ0n) is 15.0. The minimum absolute atomic E-state index is 0.215. The molecule has 0 aliphatic rings. The first kappa shape index (κ1) is 20.8. The Balaban J connectivity index is 0.000000251.